The number of aliphatic hydroxyl groups excluding tert-OH is 1. The van der Waals surface area contributed by atoms with E-state index in [0.717, 1.165) is 18.7 Å². The lowest BCUT2D eigenvalue weighted by molar-refractivity contribution is 0.301. The van der Waals surface area contributed by atoms with Gasteiger partial charge in [-0.05, 0) is 12.8 Å². The third-order valence-electron chi connectivity index (χ3n) is 2.26. The predicted octanol–water partition coefficient (Wildman–Crippen LogP) is 0.0199. The summed E-state index contributed by atoms with van der Waals surface area (Å²) in [5.41, 5.74) is 5.55. The summed E-state index contributed by atoms with van der Waals surface area (Å²) in [6, 6.07) is 0.512. The third-order valence-corrected chi connectivity index (χ3v) is 2.26. The Balaban J connectivity index is 2.16. The van der Waals surface area contributed by atoms with Crippen molar-refractivity contribution < 1.29 is 5.11 Å². The number of aliphatic hydroxyl groups is 1. The molecule has 76 valence electrons. The lowest BCUT2D eigenvalue weighted by Crippen LogP contribution is -2.29. The molecule has 0 aliphatic heterocycles. The number of anilines is 2. The highest BCUT2D eigenvalue weighted by Gasteiger charge is 2.29. The van der Waals surface area contributed by atoms with Gasteiger partial charge < -0.3 is 15.7 Å². The van der Waals surface area contributed by atoms with Crippen LogP contribution in [0, 0.1) is 0 Å². The van der Waals surface area contributed by atoms with E-state index in [1.807, 2.05) is 0 Å². The largest absolute Gasteiger partial charge is 0.395 e. The molecule has 5 heteroatoms. The maximum absolute atomic E-state index is 8.92. The van der Waals surface area contributed by atoms with Gasteiger partial charge in [0.05, 0.1) is 19.0 Å². The average molecular weight is 194 g/mol. The molecule has 1 aromatic rings. The van der Waals surface area contributed by atoms with Crippen LogP contribution in [0.4, 0.5) is 11.6 Å². The predicted molar refractivity (Wildman–Crippen MR) is 53.9 cm³/mol. The lowest BCUT2D eigenvalue weighted by Gasteiger charge is -2.21. The highest BCUT2D eigenvalue weighted by molar-refractivity contribution is 5.43. The molecule has 1 aliphatic rings. The quantitative estimate of drug-likeness (QED) is 0.706. The van der Waals surface area contributed by atoms with Crippen molar-refractivity contribution >= 4 is 11.6 Å². The maximum Gasteiger partial charge on any atom is 0.149 e. The molecular weight excluding hydrogens is 180 g/mol. The Bertz CT molecular complexity index is 313. The Labute approximate surface area is 82.6 Å². The molecule has 0 unspecified atom stereocenters. The Morgan fingerprint density at radius 2 is 2.29 bits per heavy atom. The van der Waals surface area contributed by atoms with Crippen molar-refractivity contribution in [3.05, 3.63) is 12.4 Å². The molecule has 1 aliphatic carbocycles. The van der Waals surface area contributed by atoms with Crippen molar-refractivity contribution in [2.45, 2.75) is 18.9 Å². The molecule has 5 nitrogen and oxygen atoms in total. The molecule has 1 saturated carbocycles. The zero-order valence-electron chi connectivity index (χ0n) is 7.93. The first-order chi connectivity index (χ1) is 6.81. The molecule has 0 aromatic carbocycles. The number of nitrogens with two attached hydrogens (primary N) is 1. The Hall–Kier alpha value is -1.36. The normalized spacial score (nSPS) is 15.5. The van der Waals surface area contributed by atoms with Crippen molar-refractivity contribution in [2.24, 2.45) is 0 Å². The van der Waals surface area contributed by atoms with Crippen LogP contribution in [-0.4, -0.2) is 34.3 Å². The van der Waals surface area contributed by atoms with Crippen LogP contribution >= 0.6 is 0 Å². The zero-order chi connectivity index (χ0) is 9.97. The smallest absolute Gasteiger partial charge is 0.149 e. The lowest BCUT2D eigenvalue weighted by atomic mass is 10.4. The molecular formula is C9H14N4O. The minimum atomic E-state index is 0.132. The van der Waals surface area contributed by atoms with Gasteiger partial charge >= 0.3 is 0 Å². The molecule has 1 fully saturated rings. The Morgan fingerprint density at radius 3 is 2.86 bits per heavy atom. The zero-order valence-corrected chi connectivity index (χ0v) is 7.93. The van der Waals surface area contributed by atoms with Gasteiger partial charge in [0.25, 0.3) is 0 Å². The molecule has 0 radical (unpaired) electrons. The van der Waals surface area contributed by atoms with E-state index >= 15 is 0 Å². The second-order valence-corrected chi connectivity index (χ2v) is 3.45. The van der Waals surface area contributed by atoms with Crippen LogP contribution in [0.5, 0.6) is 0 Å². The second-order valence-electron chi connectivity index (χ2n) is 3.45. The van der Waals surface area contributed by atoms with E-state index in [-0.39, 0.29) is 6.61 Å². The molecule has 0 saturated heterocycles. The summed E-state index contributed by atoms with van der Waals surface area (Å²) in [5.74, 6) is 1.19. The van der Waals surface area contributed by atoms with Gasteiger partial charge in [0.2, 0.25) is 0 Å². The fourth-order valence-electron chi connectivity index (χ4n) is 1.49. The van der Waals surface area contributed by atoms with Crippen LogP contribution in [-0.2, 0) is 0 Å². The van der Waals surface area contributed by atoms with Crippen LogP contribution in [0.2, 0.25) is 0 Å². The van der Waals surface area contributed by atoms with Gasteiger partial charge in [-0.15, -0.1) is 0 Å². The Morgan fingerprint density at radius 1 is 1.50 bits per heavy atom. The van der Waals surface area contributed by atoms with Crippen molar-refractivity contribution in [2.75, 3.05) is 23.8 Å². The summed E-state index contributed by atoms with van der Waals surface area (Å²) >= 11 is 0. The molecule has 14 heavy (non-hydrogen) atoms. The molecule has 0 atom stereocenters. The van der Waals surface area contributed by atoms with Gasteiger partial charge in [-0.25, -0.2) is 4.98 Å². The van der Waals surface area contributed by atoms with Crippen molar-refractivity contribution in [3.63, 3.8) is 0 Å². The number of nitrogens with zero attached hydrogens (tertiary/aromatic N) is 3. The highest BCUT2D eigenvalue weighted by atomic mass is 16.3. The minimum Gasteiger partial charge on any atom is -0.395 e. The van der Waals surface area contributed by atoms with Gasteiger partial charge in [-0.1, -0.05) is 0 Å². The van der Waals surface area contributed by atoms with Crippen LogP contribution in [0.3, 0.4) is 0 Å². The average Bonchev–Trinajstić information content (AvgIpc) is 2.97. The number of hydrogen-bond acceptors (Lipinski definition) is 5. The molecule has 0 amide bonds. The monoisotopic (exact) mass is 194 g/mol. The van der Waals surface area contributed by atoms with Crippen molar-refractivity contribution in [1.82, 2.24) is 9.97 Å². The van der Waals surface area contributed by atoms with Crippen LogP contribution in [0.15, 0.2) is 12.4 Å². The maximum atomic E-state index is 8.92. The third kappa shape index (κ3) is 1.93. The number of rotatable bonds is 4. The molecule has 3 N–H and O–H groups in total. The van der Waals surface area contributed by atoms with Gasteiger partial charge in [-0.2, -0.15) is 0 Å². The summed E-state index contributed by atoms with van der Waals surface area (Å²) < 4.78 is 0. The topological polar surface area (TPSA) is 75.3 Å². The fourth-order valence-corrected chi connectivity index (χ4v) is 1.49. The first-order valence-electron chi connectivity index (χ1n) is 4.76. The van der Waals surface area contributed by atoms with E-state index in [4.69, 9.17) is 10.8 Å². The minimum absolute atomic E-state index is 0.132. The van der Waals surface area contributed by atoms with Gasteiger partial charge in [0, 0.05) is 12.6 Å². The van der Waals surface area contributed by atoms with Crippen LogP contribution in [0.1, 0.15) is 12.8 Å². The number of hydrogen-bond donors (Lipinski definition) is 2. The SMILES string of the molecule is Nc1cncc(N(CCO)C2CC2)n1. The van der Waals surface area contributed by atoms with Crippen LogP contribution < -0.4 is 10.6 Å². The van der Waals surface area contributed by atoms with Crippen molar-refractivity contribution in [3.8, 4) is 0 Å². The summed E-state index contributed by atoms with van der Waals surface area (Å²) in [6.07, 6.45) is 5.53. The summed E-state index contributed by atoms with van der Waals surface area (Å²) in [6.45, 7) is 0.732. The Kier molecular flexibility index (Phi) is 2.49. The van der Waals surface area contributed by atoms with E-state index < -0.39 is 0 Å². The van der Waals surface area contributed by atoms with Gasteiger partial charge in [0.15, 0.2) is 0 Å². The fraction of sp³-hybridized carbons (Fsp3) is 0.556. The standard InChI is InChI=1S/C9H14N4O/c10-8-5-11-6-9(12-8)13(3-4-14)7-1-2-7/h5-7,14H,1-4H2,(H2,10,12). The van der Waals surface area contributed by atoms with Crippen LogP contribution in [0.25, 0.3) is 0 Å². The molecule has 1 heterocycles. The first kappa shape index (κ1) is 9.21. The highest BCUT2D eigenvalue weighted by Crippen LogP contribution is 2.29. The van der Waals surface area contributed by atoms with E-state index in [9.17, 15) is 0 Å². The summed E-state index contributed by atoms with van der Waals surface area (Å²) in [5, 5.41) is 8.92. The number of aromatic nitrogens is 2. The van der Waals surface area contributed by atoms with Crippen molar-refractivity contribution in [1.29, 1.82) is 0 Å². The molecule has 0 bridgehead atoms. The first-order valence-corrected chi connectivity index (χ1v) is 4.76. The number of nitrogen functional groups attached to an aromatic ring is 1. The molecule has 2 rings (SSSR count). The molecule has 1 aromatic heterocycles. The van der Waals surface area contributed by atoms with Gasteiger partial charge in [0.1, 0.15) is 11.6 Å². The van der Waals surface area contributed by atoms with E-state index in [0.29, 0.717) is 18.4 Å². The van der Waals surface area contributed by atoms with E-state index in [1.165, 1.54) is 6.20 Å². The van der Waals surface area contributed by atoms with E-state index in [2.05, 4.69) is 14.9 Å². The summed E-state index contributed by atoms with van der Waals surface area (Å²) in [7, 11) is 0. The second kappa shape index (κ2) is 3.79. The van der Waals surface area contributed by atoms with E-state index in [1.54, 1.807) is 6.20 Å². The van der Waals surface area contributed by atoms with Gasteiger partial charge in [-0.3, -0.25) is 4.98 Å². The summed E-state index contributed by atoms with van der Waals surface area (Å²) in [4.78, 5) is 10.2. The molecule has 0 spiro atoms.